The van der Waals surface area contributed by atoms with Gasteiger partial charge in [-0.2, -0.15) is 0 Å². The number of benzene rings is 2. The van der Waals surface area contributed by atoms with Gasteiger partial charge >= 0.3 is 0 Å². The fraction of sp³-hybridized carbons (Fsp3) is 0.349. The van der Waals surface area contributed by atoms with Crippen molar-refractivity contribution in [2.24, 2.45) is 0 Å². The summed E-state index contributed by atoms with van der Waals surface area (Å²) in [6.07, 6.45) is 23.6. The van der Waals surface area contributed by atoms with Gasteiger partial charge in [-0.3, -0.25) is 0 Å². The zero-order chi connectivity index (χ0) is 32.8. The molecule has 0 aromatic heterocycles. The second-order valence-corrected chi connectivity index (χ2v) is 17.6. The van der Waals surface area contributed by atoms with E-state index in [9.17, 15) is 0 Å². The van der Waals surface area contributed by atoms with Gasteiger partial charge in [0.25, 0.3) is 0 Å². The van der Waals surface area contributed by atoms with Gasteiger partial charge in [-0.05, 0) is 97.2 Å². The molecule has 46 heavy (non-hydrogen) atoms. The van der Waals surface area contributed by atoms with Gasteiger partial charge in [0.2, 0.25) is 0 Å². The second-order valence-electron chi connectivity index (χ2n) is 14.5. The van der Waals surface area contributed by atoms with Crippen LogP contribution in [0.4, 0.5) is 0 Å². The fourth-order valence-corrected chi connectivity index (χ4v) is 12.1. The van der Waals surface area contributed by atoms with Crippen LogP contribution in [0.5, 0.6) is 0 Å². The number of rotatable bonds is 8. The van der Waals surface area contributed by atoms with Gasteiger partial charge in [0, 0.05) is 26.1 Å². The van der Waals surface area contributed by atoms with Gasteiger partial charge in [0.05, 0.1) is 20.0 Å². The first-order valence-electron chi connectivity index (χ1n) is 16.8. The van der Waals surface area contributed by atoms with E-state index in [1.165, 1.54) is 55.7 Å². The highest BCUT2D eigenvalue weighted by molar-refractivity contribution is 6.64. The minimum Gasteiger partial charge on any atom is -0.374 e. The zero-order valence-corrected chi connectivity index (χ0v) is 30.3. The summed E-state index contributed by atoms with van der Waals surface area (Å²) >= 11 is 0. The Labute approximate surface area is 278 Å². The van der Waals surface area contributed by atoms with Crippen LogP contribution < -0.4 is 0 Å². The molecule has 2 nitrogen and oxygen atoms in total. The highest BCUT2D eigenvalue weighted by atomic mass is 28.3. The van der Waals surface area contributed by atoms with Gasteiger partial charge < -0.3 is 9.47 Å². The molecule has 6 rings (SSSR count). The molecule has 3 heteroatoms. The Hall–Kier alpha value is -3.50. The van der Waals surface area contributed by atoms with E-state index in [1.807, 2.05) is 0 Å². The lowest BCUT2D eigenvalue weighted by Crippen LogP contribution is -2.26. The van der Waals surface area contributed by atoms with Crippen molar-refractivity contribution in [3.05, 3.63) is 165 Å². The Bertz CT molecular complexity index is 1600. The van der Waals surface area contributed by atoms with E-state index in [4.69, 9.17) is 9.47 Å². The van der Waals surface area contributed by atoms with Crippen LogP contribution in [0, 0.1) is 0 Å². The van der Waals surface area contributed by atoms with Gasteiger partial charge in [0.1, 0.15) is 0 Å². The van der Waals surface area contributed by atoms with Crippen molar-refractivity contribution in [2.75, 3.05) is 14.2 Å². The quantitative estimate of drug-likeness (QED) is 0.271. The van der Waals surface area contributed by atoms with E-state index in [0.29, 0.717) is 11.1 Å². The van der Waals surface area contributed by atoms with Crippen LogP contribution in [0.1, 0.15) is 75.6 Å². The monoisotopic (exact) mass is 626 g/mol. The first kappa shape index (κ1) is 32.4. The van der Waals surface area contributed by atoms with Crippen molar-refractivity contribution in [1.82, 2.24) is 0 Å². The van der Waals surface area contributed by atoms with Crippen LogP contribution in [0.15, 0.2) is 143 Å². The SMILES string of the molecule is COC(C)(C)c1ccc(C2C=CC=CC3=C2C=C(C)C3[SiH](C)C2C(C)=CC3=C2C=CC=CC3c2ccc(C(C)(C)OC)cc2)cc1. The molecule has 0 saturated carbocycles. The summed E-state index contributed by atoms with van der Waals surface area (Å²) in [4.78, 5) is 0. The van der Waals surface area contributed by atoms with Crippen LogP contribution in [-0.2, 0) is 20.7 Å². The Kier molecular flexibility index (Phi) is 8.88. The molecule has 0 saturated heterocycles. The highest BCUT2D eigenvalue weighted by Crippen LogP contribution is 2.53. The highest BCUT2D eigenvalue weighted by Gasteiger charge is 2.40. The molecule has 0 N–H and O–H groups in total. The molecule has 2 aromatic rings. The van der Waals surface area contributed by atoms with Crippen molar-refractivity contribution in [2.45, 2.75) is 82.2 Å². The number of methoxy groups -OCH3 is 2. The Morgan fingerprint density at radius 3 is 1.26 bits per heavy atom. The van der Waals surface area contributed by atoms with Crippen molar-refractivity contribution in [3.8, 4) is 0 Å². The summed E-state index contributed by atoms with van der Waals surface area (Å²) in [6.45, 7) is 15.9. The van der Waals surface area contributed by atoms with Crippen LogP contribution in [0.2, 0.25) is 17.6 Å². The van der Waals surface area contributed by atoms with Crippen molar-refractivity contribution in [3.63, 3.8) is 0 Å². The molecule has 0 spiro atoms. The molecule has 0 fully saturated rings. The van der Waals surface area contributed by atoms with E-state index >= 15 is 0 Å². The lowest BCUT2D eigenvalue weighted by atomic mass is 9.87. The average Bonchev–Trinajstić information content (AvgIpc) is 3.36. The number of hydrogen-bond donors (Lipinski definition) is 0. The van der Waals surface area contributed by atoms with Crippen molar-refractivity contribution < 1.29 is 9.47 Å². The summed E-state index contributed by atoms with van der Waals surface area (Å²) in [5.74, 6) is 0.497. The molecule has 238 valence electrons. The number of hydrogen-bond acceptors (Lipinski definition) is 2. The molecule has 0 radical (unpaired) electrons. The first-order chi connectivity index (χ1) is 22.0. The van der Waals surface area contributed by atoms with E-state index in [2.05, 4.69) is 157 Å². The van der Waals surface area contributed by atoms with Crippen molar-refractivity contribution >= 4 is 8.80 Å². The van der Waals surface area contributed by atoms with Crippen molar-refractivity contribution in [1.29, 1.82) is 0 Å². The molecule has 4 atom stereocenters. The average molecular weight is 627 g/mol. The van der Waals surface area contributed by atoms with Gasteiger partial charge in [0.15, 0.2) is 0 Å². The van der Waals surface area contributed by atoms with Crippen LogP contribution in [-0.4, -0.2) is 23.0 Å². The molecule has 4 aliphatic carbocycles. The Morgan fingerprint density at radius 1 is 0.543 bits per heavy atom. The van der Waals surface area contributed by atoms with E-state index in [-0.39, 0.29) is 23.0 Å². The van der Waals surface area contributed by atoms with Gasteiger partial charge in [-0.25, -0.2) is 0 Å². The minimum atomic E-state index is -1.41. The first-order valence-corrected chi connectivity index (χ1v) is 19.3. The van der Waals surface area contributed by atoms with Gasteiger partial charge in [-0.15, -0.1) is 0 Å². The smallest absolute Gasteiger partial charge is 0.0871 e. The molecule has 4 unspecified atom stereocenters. The summed E-state index contributed by atoms with van der Waals surface area (Å²) < 4.78 is 11.5. The lowest BCUT2D eigenvalue weighted by Gasteiger charge is -2.30. The molecular formula is C43H50O2Si. The maximum absolute atomic E-state index is 5.75. The van der Waals surface area contributed by atoms with E-state index in [1.54, 1.807) is 14.2 Å². The summed E-state index contributed by atoms with van der Waals surface area (Å²) in [7, 11) is 2.16. The van der Waals surface area contributed by atoms with E-state index < -0.39 is 8.80 Å². The van der Waals surface area contributed by atoms with Crippen LogP contribution >= 0.6 is 0 Å². The minimum absolute atomic E-state index is 0.248. The summed E-state index contributed by atoms with van der Waals surface area (Å²) in [5, 5.41) is 0. The largest absolute Gasteiger partial charge is 0.374 e. The number of ether oxygens (including phenoxy) is 2. The maximum atomic E-state index is 5.75. The molecule has 0 amide bonds. The van der Waals surface area contributed by atoms with Crippen LogP contribution in [0.25, 0.3) is 0 Å². The second kappa shape index (κ2) is 12.6. The predicted octanol–water partition coefficient (Wildman–Crippen LogP) is 10.7. The predicted molar refractivity (Wildman–Crippen MR) is 197 cm³/mol. The summed E-state index contributed by atoms with van der Waals surface area (Å²) in [5.41, 5.74) is 14.5. The zero-order valence-electron chi connectivity index (χ0n) is 29.1. The normalized spacial score (nSPS) is 24.9. The molecular weight excluding hydrogens is 577 g/mol. The maximum Gasteiger partial charge on any atom is 0.0871 e. The molecule has 2 aromatic carbocycles. The van der Waals surface area contributed by atoms with Crippen LogP contribution in [0.3, 0.4) is 0 Å². The third kappa shape index (κ3) is 5.79. The number of allylic oxidation sites excluding steroid dienone is 16. The molecule has 0 bridgehead atoms. The Morgan fingerprint density at radius 2 is 0.913 bits per heavy atom. The summed E-state index contributed by atoms with van der Waals surface area (Å²) in [6, 6.07) is 18.1. The Balaban J connectivity index is 1.32. The third-order valence-corrected chi connectivity index (χ3v) is 15.0. The lowest BCUT2D eigenvalue weighted by molar-refractivity contribution is 0.0190. The topological polar surface area (TPSA) is 18.5 Å². The molecule has 0 aliphatic heterocycles. The molecule has 0 heterocycles. The van der Waals surface area contributed by atoms with E-state index in [0.717, 1.165) is 0 Å². The van der Waals surface area contributed by atoms with Gasteiger partial charge in [-0.1, -0.05) is 127 Å². The fourth-order valence-electron chi connectivity index (χ4n) is 8.09. The standard InChI is InChI=1S/C43H50O2Si/c1-28-26-38-34(30-18-22-32(23-19-30)42(3,4)44-7)14-10-12-16-36(38)40(28)46(9)41-29(2)27-39-35(15-11-13-17-37(39)41)31-20-24-33(25-21-31)43(5,6)45-8/h10-27,34-35,40-41,46H,1-9H3. The third-order valence-electron chi connectivity index (χ3n) is 11.1. The molecule has 4 aliphatic rings.